The molecule has 0 spiro atoms. The molecule has 1 unspecified atom stereocenters. The number of nitrogens with zero attached hydrogens (tertiary/aromatic N) is 1. The maximum Gasteiger partial charge on any atom is 0.222 e. The third kappa shape index (κ3) is 3.53. The molecule has 3 aromatic carbocycles. The maximum atomic E-state index is 11.8. The summed E-state index contributed by atoms with van der Waals surface area (Å²) in [5.41, 5.74) is 2.92. The van der Waals surface area contributed by atoms with Crippen LogP contribution in [0, 0.1) is 5.92 Å². The summed E-state index contributed by atoms with van der Waals surface area (Å²) in [7, 11) is 1.84. The van der Waals surface area contributed by atoms with E-state index in [1.165, 1.54) is 0 Å². The van der Waals surface area contributed by atoms with E-state index in [1.54, 1.807) is 4.90 Å². The van der Waals surface area contributed by atoms with E-state index in [2.05, 4.69) is 18.2 Å². The standard InChI is InChI=1S/C23H23NO3/c1-24-13-17(12-22(24)26)15-27-21-10-9-18-6-2-3-8-20(18)23(21)19-7-4-5-16(11-19)14-25/h2-11,17,25H,12-15H2,1H3. The Morgan fingerprint density at radius 1 is 1.11 bits per heavy atom. The summed E-state index contributed by atoms with van der Waals surface area (Å²) in [6.45, 7) is 1.26. The first kappa shape index (κ1) is 17.6. The normalized spacial score (nSPS) is 16.9. The summed E-state index contributed by atoms with van der Waals surface area (Å²) in [6, 6.07) is 20.2. The molecule has 4 rings (SSSR count). The third-order valence-electron chi connectivity index (χ3n) is 5.18. The quantitative estimate of drug-likeness (QED) is 0.751. The van der Waals surface area contributed by atoms with Gasteiger partial charge in [-0.1, -0.05) is 48.5 Å². The van der Waals surface area contributed by atoms with Crippen LogP contribution in [0.5, 0.6) is 5.75 Å². The first-order valence-electron chi connectivity index (χ1n) is 9.24. The Morgan fingerprint density at radius 2 is 1.96 bits per heavy atom. The van der Waals surface area contributed by atoms with Crippen molar-refractivity contribution in [3.63, 3.8) is 0 Å². The van der Waals surface area contributed by atoms with Crippen molar-refractivity contribution < 1.29 is 14.6 Å². The van der Waals surface area contributed by atoms with Gasteiger partial charge >= 0.3 is 0 Å². The highest BCUT2D eigenvalue weighted by Gasteiger charge is 2.27. The minimum Gasteiger partial charge on any atom is -0.493 e. The van der Waals surface area contributed by atoms with Crippen molar-refractivity contribution >= 4 is 16.7 Å². The Kier molecular flexibility index (Phi) is 4.82. The molecule has 4 heteroatoms. The van der Waals surface area contributed by atoms with Crippen LogP contribution in [0.1, 0.15) is 12.0 Å². The number of carbonyl (C=O) groups excluding carboxylic acids is 1. The van der Waals surface area contributed by atoms with E-state index in [9.17, 15) is 9.90 Å². The zero-order valence-corrected chi connectivity index (χ0v) is 15.4. The van der Waals surface area contributed by atoms with E-state index in [0.717, 1.165) is 39.8 Å². The third-order valence-corrected chi connectivity index (χ3v) is 5.18. The molecule has 1 aliphatic rings. The van der Waals surface area contributed by atoms with Crippen LogP contribution in [0.2, 0.25) is 0 Å². The molecule has 0 bridgehead atoms. The number of amides is 1. The van der Waals surface area contributed by atoms with Gasteiger partial charge in [0.15, 0.2) is 0 Å². The molecule has 1 heterocycles. The number of carbonyl (C=O) groups is 1. The maximum absolute atomic E-state index is 11.8. The van der Waals surface area contributed by atoms with E-state index in [4.69, 9.17) is 4.74 Å². The number of hydrogen-bond acceptors (Lipinski definition) is 3. The summed E-state index contributed by atoms with van der Waals surface area (Å²) in [5, 5.41) is 11.8. The summed E-state index contributed by atoms with van der Waals surface area (Å²) >= 11 is 0. The average Bonchev–Trinajstić information content (AvgIpc) is 3.03. The van der Waals surface area contributed by atoms with Crippen LogP contribution in [0.4, 0.5) is 0 Å². The summed E-state index contributed by atoms with van der Waals surface area (Å²) in [6.07, 6.45) is 0.541. The molecule has 1 saturated heterocycles. The summed E-state index contributed by atoms with van der Waals surface area (Å²) in [5.74, 6) is 1.20. The molecule has 0 radical (unpaired) electrons. The molecule has 0 aromatic heterocycles. The van der Waals surface area contributed by atoms with Crippen LogP contribution in [-0.4, -0.2) is 36.1 Å². The number of fused-ring (bicyclic) bond motifs is 1. The van der Waals surface area contributed by atoms with Crippen LogP contribution < -0.4 is 4.74 Å². The highest BCUT2D eigenvalue weighted by Crippen LogP contribution is 2.38. The monoisotopic (exact) mass is 361 g/mol. The Hall–Kier alpha value is -2.85. The number of benzene rings is 3. The zero-order valence-electron chi connectivity index (χ0n) is 15.4. The highest BCUT2D eigenvalue weighted by molar-refractivity contribution is 5.99. The number of aliphatic hydroxyl groups excluding tert-OH is 1. The molecule has 27 heavy (non-hydrogen) atoms. The van der Waals surface area contributed by atoms with Gasteiger partial charge in [-0.3, -0.25) is 4.79 Å². The van der Waals surface area contributed by atoms with Gasteiger partial charge in [0.25, 0.3) is 0 Å². The molecular formula is C23H23NO3. The lowest BCUT2D eigenvalue weighted by Crippen LogP contribution is -2.20. The van der Waals surface area contributed by atoms with E-state index < -0.39 is 0 Å². The van der Waals surface area contributed by atoms with E-state index in [1.807, 2.05) is 49.5 Å². The van der Waals surface area contributed by atoms with Gasteiger partial charge in [0.1, 0.15) is 5.75 Å². The van der Waals surface area contributed by atoms with Crippen LogP contribution in [0.3, 0.4) is 0 Å². The van der Waals surface area contributed by atoms with Crippen LogP contribution in [0.25, 0.3) is 21.9 Å². The molecule has 1 fully saturated rings. The molecule has 0 saturated carbocycles. The second-order valence-corrected chi connectivity index (χ2v) is 7.17. The average molecular weight is 361 g/mol. The van der Waals surface area contributed by atoms with E-state index >= 15 is 0 Å². The molecule has 3 aromatic rings. The minimum absolute atomic E-state index is 0.00527. The molecule has 4 nitrogen and oxygen atoms in total. The van der Waals surface area contributed by atoms with Crippen molar-refractivity contribution in [1.29, 1.82) is 0 Å². The fourth-order valence-electron chi connectivity index (χ4n) is 3.77. The molecule has 1 atom stereocenters. The summed E-state index contributed by atoms with van der Waals surface area (Å²) < 4.78 is 6.21. The van der Waals surface area contributed by atoms with Crippen molar-refractivity contribution in [1.82, 2.24) is 4.90 Å². The molecular weight excluding hydrogens is 338 g/mol. The lowest BCUT2D eigenvalue weighted by atomic mass is 9.96. The van der Waals surface area contributed by atoms with Gasteiger partial charge in [-0.25, -0.2) is 0 Å². The molecule has 0 aliphatic carbocycles. The second kappa shape index (κ2) is 7.41. The van der Waals surface area contributed by atoms with Gasteiger partial charge in [0, 0.05) is 31.5 Å². The fraction of sp³-hybridized carbons (Fsp3) is 0.261. The van der Waals surface area contributed by atoms with E-state index in [-0.39, 0.29) is 18.4 Å². The number of hydrogen-bond donors (Lipinski definition) is 1. The van der Waals surface area contributed by atoms with Gasteiger partial charge in [-0.05, 0) is 34.0 Å². The lowest BCUT2D eigenvalue weighted by molar-refractivity contribution is -0.126. The Bertz CT molecular complexity index is 982. The smallest absolute Gasteiger partial charge is 0.222 e. The largest absolute Gasteiger partial charge is 0.493 e. The van der Waals surface area contributed by atoms with Crippen LogP contribution in [-0.2, 0) is 11.4 Å². The number of aliphatic hydroxyl groups is 1. The predicted octanol–water partition coefficient (Wildman–Crippen LogP) is 3.86. The van der Waals surface area contributed by atoms with Crippen molar-refractivity contribution in [2.24, 2.45) is 5.92 Å². The van der Waals surface area contributed by atoms with Crippen molar-refractivity contribution in [3.8, 4) is 16.9 Å². The van der Waals surface area contributed by atoms with Crippen LogP contribution in [0.15, 0.2) is 60.7 Å². The Balaban J connectivity index is 1.72. The van der Waals surface area contributed by atoms with Crippen molar-refractivity contribution in [3.05, 3.63) is 66.2 Å². The molecule has 1 aliphatic heterocycles. The lowest BCUT2D eigenvalue weighted by Gasteiger charge is -2.17. The van der Waals surface area contributed by atoms with Gasteiger partial charge in [-0.15, -0.1) is 0 Å². The predicted molar refractivity (Wildman–Crippen MR) is 107 cm³/mol. The van der Waals surface area contributed by atoms with Gasteiger partial charge < -0.3 is 14.7 Å². The topological polar surface area (TPSA) is 49.8 Å². The second-order valence-electron chi connectivity index (χ2n) is 7.17. The Labute approximate surface area is 159 Å². The minimum atomic E-state index is 0.00527. The SMILES string of the molecule is CN1CC(COc2ccc3ccccc3c2-c2cccc(CO)c2)CC1=O. The highest BCUT2D eigenvalue weighted by atomic mass is 16.5. The zero-order chi connectivity index (χ0) is 18.8. The molecule has 1 N–H and O–H groups in total. The molecule has 138 valence electrons. The van der Waals surface area contributed by atoms with Crippen molar-refractivity contribution in [2.75, 3.05) is 20.2 Å². The fourth-order valence-corrected chi connectivity index (χ4v) is 3.77. The molecule has 1 amide bonds. The van der Waals surface area contributed by atoms with Crippen LogP contribution >= 0.6 is 0 Å². The van der Waals surface area contributed by atoms with E-state index in [0.29, 0.717) is 13.0 Å². The first-order valence-corrected chi connectivity index (χ1v) is 9.24. The van der Waals surface area contributed by atoms with Gasteiger partial charge in [0.2, 0.25) is 5.91 Å². The first-order chi connectivity index (χ1) is 13.2. The summed E-state index contributed by atoms with van der Waals surface area (Å²) in [4.78, 5) is 13.5. The number of likely N-dealkylation sites (tertiary alicyclic amines) is 1. The van der Waals surface area contributed by atoms with Gasteiger partial charge in [0.05, 0.1) is 13.2 Å². The number of rotatable bonds is 5. The van der Waals surface area contributed by atoms with Gasteiger partial charge in [-0.2, -0.15) is 0 Å². The number of ether oxygens (including phenoxy) is 1. The van der Waals surface area contributed by atoms with Crippen molar-refractivity contribution in [2.45, 2.75) is 13.0 Å². The Morgan fingerprint density at radius 3 is 2.74 bits per heavy atom.